The number of aliphatic carboxylic acids is 1. The average molecular weight is 287 g/mol. The van der Waals surface area contributed by atoms with Crippen LogP contribution in [-0.2, 0) is 4.79 Å². The maximum atomic E-state index is 11.8. The Labute approximate surface area is 122 Å². The maximum absolute atomic E-state index is 11.8. The van der Waals surface area contributed by atoms with Crippen molar-refractivity contribution >= 4 is 28.5 Å². The monoisotopic (exact) mass is 287 g/mol. The zero-order chi connectivity index (χ0) is 15.2. The molecule has 6 heteroatoms. The highest BCUT2D eigenvalue weighted by atomic mass is 16.4. The molecule has 1 unspecified atom stereocenters. The number of amides is 2. The van der Waals surface area contributed by atoms with Gasteiger partial charge in [-0.05, 0) is 23.9 Å². The molecule has 110 valence electrons. The number of carbonyl (C=O) groups is 2. The van der Waals surface area contributed by atoms with Crippen molar-refractivity contribution < 1.29 is 14.7 Å². The van der Waals surface area contributed by atoms with Crippen LogP contribution in [0.15, 0.2) is 36.7 Å². The summed E-state index contributed by atoms with van der Waals surface area (Å²) < 4.78 is 0. The van der Waals surface area contributed by atoms with Crippen LogP contribution in [0.5, 0.6) is 0 Å². The number of aromatic nitrogens is 1. The van der Waals surface area contributed by atoms with E-state index in [9.17, 15) is 9.59 Å². The van der Waals surface area contributed by atoms with Gasteiger partial charge in [0.25, 0.3) is 0 Å². The highest BCUT2D eigenvalue weighted by Crippen LogP contribution is 2.21. The SMILES string of the molecule is CC(CCNC(=O)Nc1cccc2ccncc12)C(=O)O. The van der Waals surface area contributed by atoms with Gasteiger partial charge in [0, 0.05) is 24.3 Å². The first-order valence-corrected chi connectivity index (χ1v) is 6.68. The number of carbonyl (C=O) groups excluding carboxylic acids is 1. The Balaban J connectivity index is 1.94. The van der Waals surface area contributed by atoms with Crippen molar-refractivity contribution in [2.24, 2.45) is 5.92 Å². The van der Waals surface area contributed by atoms with Crippen LogP contribution in [0.25, 0.3) is 10.8 Å². The van der Waals surface area contributed by atoms with E-state index >= 15 is 0 Å². The van der Waals surface area contributed by atoms with Crippen LogP contribution >= 0.6 is 0 Å². The second-order valence-corrected chi connectivity index (χ2v) is 4.81. The van der Waals surface area contributed by atoms with Crippen LogP contribution in [0.1, 0.15) is 13.3 Å². The van der Waals surface area contributed by atoms with Gasteiger partial charge in [-0.3, -0.25) is 9.78 Å². The fraction of sp³-hybridized carbons (Fsp3) is 0.267. The van der Waals surface area contributed by atoms with Crippen LogP contribution in [-0.4, -0.2) is 28.6 Å². The molecule has 1 heterocycles. The minimum atomic E-state index is -0.864. The van der Waals surface area contributed by atoms with E-state index in [-0.39, 0.29) is 6.03 Å². The molecule has 0 saturated heterocycles. The minimum Gasteiger partial charge on any atom is -0.481 e. The quantitative estimate of drug-likeness (QED) is 0.787. The molecule has 0 aliphatic rings. The first-order valence-electron chi connectivity index (χ1n) is 6.68. The number of urea groups is 1. The zero-order valence-corrected chi connectivity index (χ0v) is 11.7. The second kappa shape index (κ2) is 6.69. The van der Waals surface area contributed by atoms with Gasteiger partial charge in [-0.1, -0.05) is 19.1 Å². The molecule has 21 heavy (non-hydrogen) atoms. The molecule has 1 atom stereocenters. The first-order chi connectivity index (χ1) is 10.1. The lowest BCUT2D eigenvalue weighted by molar-refractivity contribution is -0.141. The Morgan fingerprint density at radius 2 is 2.14 bits per heavy atom. The number of benzene rings is 1. The fourth-order valence-corrected chi connectivity index (χ4v) is 1.91. The van der Waals surface area contributed by atoms with Gasteiger partial charge in [0.2, 0.25) is 0 Å². The largest absolute Gasteiger partial charge is 0.481 e. The Kier molecular flexibility index (Phi) is 4.71. The van der Waals surface area contributed by atoms with Gasteiger partial charge in [0.05, 0.1) is 11.6 Å². The van der Waals surface area contributed by atoms with E-state index in [1.54, 1.807) is 25.4 Å². The summed E-state index contributed by atoms with van der Waals surface area (Å²) in [5.41, 5.74) is 0.671. The number of nitrogens with zero attached hydrogens (tertiary/aromatic N) is 1. The predicted molar refractivity (Wildman–Crippen MR) is 80.2 cm³/mol. The third-order valence-corrected chi connectivity index (χ3v) is 3.22. The number of rotatable bonds is 5. The summed E-state index contributed by atoms with van der Waals surface area (Å²) in [5.74, 6) is -1.34. The number of nitrogens with one attached hydrogen (secondary N) is 2. The molecule has 2 rings (SSSR count). The van der Waals surface area contributed by atoms with Crippen molar-refractivity contribution in [3.8, 4) is 0 Å². The molecule has 1 aromatic carbocycles. The Hall–Kier alpha value is -2.63. The summed E-state index contributed by atoms with van der Waals surface area (Å²) >= 11 is 0. The Bertz CT molecular complexity index is 652. The molecule has 1 aromatic heterocycles. The van der Waals surface area contributed by atoms with E-state index < -0.39 is 11.9 Å². The molecule has 0 spiro atoms. The maximum Gasteiger partial charge on any atom is 0.319 e. The van der Waals surface area contributed by atoms with Crippen LogP contribution in [0, 0.1) is 5.92 Å². The zero-order valence-electron chi connectivity index (χ0n) is 11.7. The Morgan fingerprint density at radius 1 is 1.33 bits per heavy atom. The lowest BCUT2D eigenvalue weighted by Gasteiger charge is -2.11. The standard InChI is InChI=1S/C15H17N3O3/c1-10(14(19)20)5-8-17-15(21)18-13-4-2-3-11-6-7-16-9-12(11)13/h2-4,6-7,9-10H,5,8H2,1H3,(H,19,20)(H2,17,18,21). The summed E-state index contributed by atoms with van der Waals surface area (Å²) in [4.78, 5) is 26.5. The highest BCUT2D eigenvalue weighted by molar-refractivity contribution is 6.01. The molecule has 0 aliphatic heterocycles. The van der Waals surface area contributed by atoms with Gasteiger partial charge in [0.1, 0.15) is 0 Å². The van der Waals surface area contributed by atoms with Crippen LogP contribution in [0.4, 0.5) is 10.5 Å². The molecular formula is C15H17N3O3. The fourth-order valence-electron chi connectivity index (χ4n) is 1.91. The number of carboxylic acids is 1. The van der Waals surface area contributed by atoms with E-state index in [1.807, 2.05) is 18.2 Å². The second-order valence-electron chi connectivity index (χ2n) is 4.81. The van der Waals surface area contributed by atoms with Gasteiger partial charge in [-0.2, -0.15) is 0 Å². The number of fused-ring (bicyclic) bond motifs is 1. The van der Waals surface area contributed by atoms with E-state index in [2.05, 4.69) is 15.6 Å². The lowest BCUT2D eigenvalue weighted by atomic mass is 10.1. The minimum absolute atomic E-state index is 0.308. The molecule has 2 aromatic rings. The van der Waals surface area contributed by atoms with Gasteiger partial charge in [0.15, 0.2) is 0 Å². The number of pyridine rings is 1. The first kappa shape index (κ1) is 14.8. The summed E-state index contributed by atoms with van der Waals surface area (Å²) in [5, 5.41) is 16.0. The molecule has 0 bridgehead atoms. The molecule has 0 fully saturated rings. The predicted octanol–water partition coefficient (Wildman–Crippen LogP) is 2.47. The highest BCUT2D eigenvalue weighted by Gasteiger charge is 2.11. The number of hydrogen-bond acceptors (Lipinski definition) is 3. The van der Waals surface area contributed by atoms with Crippen LogP contribution in [0.2, 0.25) is 0 Å². The lowest BCUT2D eigenvalue weighted by Crippen LogP contribution is -2.31. The smallest absolute Gasteiger partial charge is 0.319 e. The van der Waals surface area contributed by atoms with Crippen molar-refractivity contribution in [1.82, 2.24) is 10.3 Å². The van der Waals surface area contributed by atoms with Crippen molar-refractivity contribution in [3.05, 3.63) is 36.7 Å². The van der Waals surface area contributed by atoms with Gasteiger partial charge in [-0.25, -0.2) is 4.79 Å². The topological polar surface area (TPSA) is 91.3 Å². The average Bonchev–Trinajstić information content (AvgIpc) is 2.47. The third kappa shape index (κ3) is 3.92. The molecule has 0 aliphatic carbocycles. The molecule has 0 radical (unpaired) electrons. The summed E-state index contributed by atoms with van der Waals surface area (Å²) in [6.07, 6.45) is 3.77. The van der Waals surface area contributed by atoms with Crippen molar-refractivity contribution in [2.45, 2.75) is 13.3 Å². The van der Waals surface area contributed by atoms with Crippen molar-refractivity contribution in [1.29, 1.82) is 0 Å². The Morgan fingerprint density at radius 3 is 2.90 bits per heavy atom. The molecule has 0 saturated carbocycles. The summed E-state index contributed by atoms with van der Waals surface area (Å²) in [6, 6.07) is 7.10. The summed E-state index contributed by atoms with van der Waals surface area (Å²) in [6.45, 7) is 1.92. The van der Waals surface area contributed by atoms with Gasteiger partial charge >= 0.3 is 12.0 Å². The van der Waals surface area contributed by atoms with Crippen LogP contribution < -0.4 is 10.6 Å². The van der Waals surface area contributed by atoms with Crippen molar-refractivity contribution in [3.63, 3.8) is 0 Å². The van der Waals surface area contributed by atoms with Gasteiger partial charge < -0.3 is 15.7 Å². The number of carboxylic acid groups (broad SMARTS) is 1. The normalized spacial score (nSPS) is 11.9. The van der Waals surface area contributed by atoms with Crippen molar-refractivity contribution in [2.75, 3.05) is 11.9 Å². The molecule has 3 N–H and O–H groups in total. The van der Waals surface area contributed by atoms with E-state index in [0.717, 1.165) is 10.8 Å². The van der Waals surface area contributed by atoms with E-state index in [0.29, 0.717) is 18.7 Å². The van der Waals surface area contributed by atoms with E-state index in [1.165, 1.54) is 0 Å². The van der Waals surface area contributed by atoms with E-state index in [4.69, 9.17) is 5.11 Å². The molecule has 2 amide bonds. The number of hydrogen-bond donors (Lipinski definition) is 3. The van der Waals surface area contributed by atoms with Gasteiger partial charge in [-0.15, -0.1) is 0 Å². The molecular weight excluding hydrogens is 270 g/mol. The van der Waals surface area contributed by atoms with Crippen LogP contribution in [0.3, 0.4) is 0 Å². The third-order valence-electron chi connectivity index (χ3n) is 3.22. The number of anilines is 1. The molecule has 6 nitrogen and oxygen atoms in total. The summed E-state index contributed by atoms with van der Waals surface area (Å²) in [7, 11) is 0.